The Morgan fingerprint density at radius 1 is 1.25 bits per heavy atom. The first kappa shape index (κ1) is 16.4. The highest BCUT2D eigenvalue weighted by molar-refractivity contribution is 5.77. The van der Waals surface area contributed by atoms with Crippen LogP contribution in [0.1, 0.15) is 19.4 Å². The number of hydrogen-bond donors (Lipinski definition) is 1. The Balaban J connectivity index is 2.76. The average molecular weight is 286 g/mol. The van der Waals surface area contributed by atoms with Gasteiger partial charge in [-0.2, -0.15) is 0 Å². The predicted molar refractivity (Wildman–Crippen MR) is 72.5 cm³/mol. The van der Waals surface area contributed by atoms with E-state index in [4.69, 9.17) is 4.74 Å². The highest BCUT2D eigenvalue weighted by atomic mass is 19.1. The molecule has 0 saturated heterocycles. The van der Waals surface area contributed by atoms with Gasteiger partial charge in [0.15, 0.2) is 24.0 Å². The van der Waals surface area contributed by atoms with Crippen molar-refractivity contribution in [3.8, 4) is 5.75 Å². The summed E-state index contributed by atoms with van der Waals surface area (Å²) in [6.45, 7) is 4.70. The Kier molecular flexibility index (Phi) is 6.38. The summed E-state index contributed by atoms with van der Waals surface area (Å²) in [7, 11) is 1.68. The molecule has 0 heterocycles. The zero-order chi connectivity index (χ0) is 15.1. The van der Waals surface area contributed by atoms with Gasteiger partial charge in [0.2, 0.25) is 0 Å². The predicted octanol–water partition coefficient (Wildman–Crippen LogP) is 1.93. The third kappa shape index (κ3) is 4.16. The summed E-state index contributed by atoms with van der Waals surface area (Å²) in [6, 6.07) is 2.38. The molecule has 1 aromatic carbocycles. The molecule has 112 valence electrons. The lowest BCUT2D eigenvalue weighted by Gasteiger charge is -2.19. The zero-order valence-electron chi connectivity index (χ0n) is 12.0. The summed E-state index contributed by atoms with van der Waals surface area (Å²) in [4.78, 5) is 13.2. The third-order valence-electron chi connectivity index (χ3n) is 2.90. The maximum Gasteiger partial charge on any atom is 0.260 e. The zero-order valence-corrected chi connectivity index (χ0v) is 12.0. The SMILES string of the molecule is CCN(CC)C(=O)COc1c(F)cc(CNC)cc1F. The standard InChI is InChI=1S/C14H20F2N2O2/c1-4-18(5-2)13(19)9-20-14-11(15)6-10(8-17-3)7-12(14)16/h6-7,17H,4-5,8-9H2,1-3H3. The maximum absolute atomic E-state index is 13.7. The van der Waals surface area contributed by atoms with Crippen LogP contribution in [0.25, 0.3) is 0 Å². The number of nitrogens with one attached hydrogen (secondary N) is 1. The molecule has 4 nitrogen and oxygen atoms in total. The van der Waals surface area contributed by atoms with Gasteiger partial charge in [0.25, 0.3) is 5.91 Å². The van der Waals surface area contributed by atoms with Gasteiger partial charge in [-0.05, 0) is 38.6 Å². The molecule has 0 aliphatic heterocycles. The van der Waals surface area contributed by atoms with E-state index in [1.165, 1.54) is 17.0 Å². The van der Waals surface area contributed by atoms with Crippen LogP contribution in [-0.2, 0) is 11.3 Å². The van der Waals surface area contributed by atoms with E-state index < -0.39 is 17.4 Å². The van der Waals surface area contributed by atoms with Crippen LogP contribution in [0.5, 0.6) is 5.75 Å². The van der Waals surface area contributed by atoms with Crippen molar-refractivity contribution in [3.05, 3.63) is 29.3 Å². The van der Waals surface area contributed by atoms with E-state index in [9.17, 15) is 13.6 Å². The minimum Gasteiger partial charge on any atom is -0.478 e. The normalized spacial score (nSPS) is 10.4. The first-order valence-electron chi connectivity index (χ1n) is 6.56. The molecule has 1 rings (SSSR count). The molecule has 1 amide bonds. The molecule has 0 bridgehead atoms. The van der Waals surface area contributed by atoms with Crippen molar-refractivity contribution in [2.45, 2.75) is 20.4 Å². The number of ether oxygens (including phenoxy) is 1. The summed E-state index contributed by atoms with van der Waals surface area (Å²) >= 11 is 0. The average Bonchev–Trinajstić information content (AvgIpc) is 2.39. The van der Waals surface area contributed by atoms with Crippen molar-refractivity contribution in [2.24, 2.45) is 0 Å². The molecule has 0 atom stereocenters. The molecule has 0 spiro atoms. The van der Waals surface area contributed by atoms with Gasteiger partial charge in [0.1, 0.15) is 0 Å². The molecule has 20 heavy (non-hydrogen) atoms. The van der Waals surface area contributed by atoms with Gasteiger partial charge >= 0.3 is 0 Å². The number of nitrogens with zero attached hydrogens (tertiary/aromatic N) is 1. The van der Waals surface area contributed by atoms with Gasteiger partial charge in [0, 0.05) is 19.6 Å². The van der Waals surface area contributed by atoms with E-state index in [0.29, 0.717) is 25.2 Å². The second-order valence-electron chi connectivity index (χ2n) is 4.27. The molecule has 1 N–H and O–H groups in total. The molecular formula is C14H20F2N2O2. The fourth-order valence-electron chi connectivity index (χ4n) is 1.86. The monoisotopic (exact) mass is 286 g/mol. The molecule has 0 radical (unpaired) electrons. The van der Waals surface area contributed by atoms with Crippen molar-refractivity contribution in [2.75, 3.05) is 26.7 Å². The first-order chi connectivity index (χ1) is 9.53. The number of carbonyl (C=O) groups excluding carboxylic acids is 1. The lowest BCUT2D eigenvalue weighted by atomic mass is 10.2. The summed E-state index contributed by atoms with van der Waals surface area (Å²) in [6.07, 6.45) is 0. The van der Waals surface area contributed by atoms with Crippen molar-refractivity contribution in [1.29, 1.82) is 0 Å². The van der Waals surface area contributed by atoms with E-state index >= 15 is 0 Å². The van der Waals surface area contributed by atoms with E-state index in [1.54, 1.807) is 7.05 Å². The van der Waals surface area contributed by atoms with E-state index in [1.807, 2.05) is 13.8 Å². The van der Waals surface area contributed by atoms with Crippen LogP contribution in [0.15, 0.2) is 12.1 Å². The molecule has 0 fully saturated rings. The van der Waals surface area contributed by atoms with Crippen LogP contribution in [-0.4, -0.2) is 37.6 Å². The van der Waals surface area contributed by atoms with Gasteiger partial charge in [0.05, 0.1) is 0 Å². The topological polar surface area (TPSA) is 41.6 Å². The van der Waals surface area contributed by atoms with Crippen LogP contribution in [0.4, 0.5) is 8.78 Å². The molecule has 0 saturated carbocycles. The number of hydrogen-bond acceptors (Lipinski definition) is 3. The number of halogens is 2. The summed E-state index contributed by atoms with van der Waals surface area (Å²) in [5, 5.41) is 2.80. The molecule has 0 aliphatic carbocycles. The summed E-state index contributed by atoms with van der Waals surface area (Å²) < 4.78 is 32.4. The van der Waals surface area contributed by atoms with Crippen LogP contribution in [0.3, 0.4) is 0 Å². The number of carbonyl (C=O) groups is 1. The van der Waals surface area contributed by atoms with Crippen molar-refractivity contribution >= 4 is 5.91 Å². The first-order valence-corrected chi connectivity index (χ1v) is 6.56. The smallest absolute Gasteiger partial charge is 0.260 e. The van der Waals surface area contributed by atoms with E-state index in [-0.39, 0.29) is 12.5 Å². The summed E-state index contributed by atoms with van der Waals surface area (Å²) in [5.74, 6) is -2.41. The van der Waals surface area contributed by atoms with Gasteiger partial charge < -0.3 is 15.0 Å². The minimum atomic E-state index is -0.803. The highest BCUT2D eigenvalue weighted by Crippen LogP contribution is 2.23. The lowest BCUT2D eigenvalue weighted by Crippen LogP contribution is -2.34. The second kappa shape index (κ2) is 7.79. The number of rotatable bonds is 7. The number of benzene rings is 1. The molecular weight excluding hydrogens is 266 g/mol. The Hall–Kier alpha value is -1.69. The summed E-state index contributed by atoms with van der Waals surface area (Å²) in [5.41, 5.74) is 0.477. The number of likely N-dealkylation sites (N-methyl/N-ethyl adjacent to an activating group) is 1. The van der Waals surface area contributed by atoms with Gasteiger partial charge in [-0.25, -0.2) is 8.78 Å². The van der Waals surface area contributed by atoms with E-state index in [2.05, 4.69) is 5.32 Å². The quantitative estimate of drug-likeness (QED) is 0.833. The van der Waals surface area contributed by atoms with Gasteiger partial charge in [-0.1, -0.05) is 0 Å². The van der Waals surface area contributed by atoms with Crippen molar-refractivity contribution in [1.82, 2.24) is 10.2 Å². The van der Waals surface area contributed by atoms with Crippen LogP contribution in [0.2, 0.25) is 0 Å². The van der Waals surface area contributed by atoms with E-state index in [0.717, 1.165) is 0 Å². The Labute approximate surface area is 117 Å². The van der Waals surface area contributed by atoms with Gasteiger partial charge in [-0.3, -0.25) is 4.79 Å². The lowest BCUT2D eigenvalue weighted by molar-refractivity contribution is -0.133. The minimum absolute atomic E-state index is 0.298. The van der Waals surface area contributed by atoms with Crippen LogP contribution < -0.4 is 10.1 Å². The molecule has 0 aliphatic rings. The molecule has 1 aromatic rings. The number of amides is 1. The van der Waals surface area contributed by atoms with Crippen LogP contribution >= 0.6 is 0 Å². The second-order valence-corrected chi connectivity index (χ2v) is 4.27. The molecule has 0 aromatic heterocycles. The van der Waals surface area contributed by atoms with Crippen molar-refractivity contribution < 1.29 is 18.3 Å². The Morgan fingerprint density at radius 2 is 1.80 bits per heavy atom. The molecule has 6 heteroatoms. The maximum atomic E-state index is 13.7. The van der Waals surface area contributed by atoms with Crippen molar-refractivity contribution in [3.63, 3.8) is 0 Å². The fourth-order valence-corrected chi connectivity index (χ4v) is 1.86. The highest BCUT2D eigenvalue weighted by Gasteiger charge is 2.16. The largest absolute Gasteiger partial charge is 0.478 e. The fraction of sp³-hybridized carbons (Fsp3) is 0.500. The van der Waals surface area contributed by atoms with Crippen LogP contribution in [0, 0.1) is 11.6 Å². The Morgan fingerprint density at radius 3 is 2.25 bits per heavy atom. The Bertz CT molecular complexity index is 439. The van der Waals surface area contributed by atoms with Gasteiger partial charge in [-0.15, -0.1) is 0 Å². The third-order valence-corrected chi connectivity index (χ3v) is 2.90. The molecule has 0 unspecified atom stereocenters.